The van der Waals surface area contributed by atoms with Crippen molar-refractivity contribution < 1.29 is 9.90 Å². The molecule has 1 aromatic rings. The highest BCUT2D eigenvalue weighted by atomic mass is 16.4. The fourth-order valence-electron chi connectivity index (χ4n) is 2.85. The number of carboxylic acid groups (broad SMARTS) is 1. The van der Waals surface area contributed by atoms with Crippen molar-refractivity contribution in [3.05, 3.63) is 29.1 Å². The summed E-state index contributed by atoms with van der Waals surface area (Å²) in [7, 11) is 0. The van der Waals surface area contributed by atoms with Gasteiger partial charge in [0.2, 0.25) is 0 Å². The largest absolute Gasteiger partial charge is 0.477 e. The molecule has 3 rings (SSSR count). The van der Waals surface area contributed by atoms with Gasteiger partial charge in [-0.1, -0.05) is 12.2 Å². The van der Waals surface area contributed by atoms with Gasteiger partial charge in [0.25, 0.3) is 0 Å². The van der Waals surface area contributed by atoms with Crippen molar-refractivity contribution in [2.45, 2.75) is 25.2 Å². The summed E-state index contributed by atoms with van der Waals surface area (Å²) in [4.78, 5) is 10.9. The number of hydrogen-bond acceptors (Lipinski definition) is 2. The Hall–Kier alpha value is -1.58. The number of rotatable bonds is 2. The molecule has 15 heavy (non-hydrogen) atoms. The predicted molar refractivity (Wildman–Crippen MR) is 53.9 cm³/mol. The fraction of sp³-hybridized carbons (Fsp3) is 0.455. The number of carbonyl (C=O) groups is 1. The Bertz CT molecular complexity index is 475. The second kappa shape index (κ2) is 2.51. The van der Waals surface area contributed by atoms with Gasteiger partial charge in [-0.2, -0.15) is 5.10 Å². The summed E-state index contributed by atoms with van der Waals surface area (Å²) in [6.45, 7) is 1.99. The van der Waals surface area contributed by atoms with Gasteiger partial charge < -0.3 is 5.11 Å². The number of nitrogens with zero attached hydrogens (tertiary/aromatic N) is 1. The summed E-state index contributed by atoms with van der Waals surface area (Å²) in [5, 5.41) is 15.8. The number of fused-ring (bicyclic) bond motifs is 3. The number of allylic oxidation sites excluding steroid dienone is 2. The van der Waals surface area contributed by atoms with E-state index in [2.05, 4.69) is 16.3 Å². The highest BCUT2D eigenvalue weighted by molar-refractivity contribution is 5.88. The monoisotopic (exact) mass is 204 g/mol. The Labute approximate surface area is 87.0 Å². The lowest BCUT2D eigenvalue weighted by Crippen LogP contribution is -2.02. The molecule has 0 radical (unpaired) electrons. The van der Waals surface area contributed by atoms with E-state index in [1.165, 1.54) is 0 Å². The number of aromatic amines is 1. The zero-order valence-corrected chi connectivity index (χ0v) is 8.45. The molecule has 78 valence electrons. The average molecular weight is 204 g/mol. The van der Waals surface area contributed by atoms with Gasteiger partial charge in [-0.15, -0.1) is 0 Å². The van der Waals surface area contributed by atoms with Crippen LogP contribution in [0.2, 0.25) is 0 Å². The quantitative estimate of drug-likeness (QED) is 0.717. The molecule has 0 saturated heterocycles. The highest BCUT2D eigenvalue weighted by Crippen LogP contribution is 2.62. The number of aromatic carboxylic acids is 1. The van der Waals surface area contributed by atoms with Crippen molar-refractivity contribution in [2.24, 2.45) is 5.92 Å². The second-order valence-corrected chi connectivity index (χ2v) is 4.38. The zero-order valence-electron chi connectivity index (χ0n) is 8.45. The summed E-state index contributed by atoms with van der Waals surface area (Å²) in [5.74, 6) is -0.320. The Morgan fingerprint density at radius 3 is 3.20 bits per heavy atom. The topological polar surface area (TPSA) is 66.0 Å². The highest BCUT2D eigenvalue weighted by Gasteiger charge is 2.61. The first-order chi connectivity index (χ1) is 7.19. The third kappa shape index (κ3) is 0.914. The minimum atomic E-state index is -0.902. The molecule has 2 N–H and O–H groups in total. The Morgan fingerprint density at radius 1 is 1.73 bits per heavy atom. The fourth-order valence-corrected chi connectivity index (χ4v) is 2.85. The van der Waals surface area contributed by atoms with Crippen LogP contribution in [0.3, 0.4) is 0 Å². The van der Waals surface area contributed by atoms with Crippen molar-refractivity contribution in [2.75, 3.05) is 0 Å². The molecule has 0 aliphatic heterocycles. The van der Waals surface area contributed by atoms with Gasteiger partial charge in [-0.05, 0) is 25.7 Å². The molecule has 0 bridgehead atoms. The Balaban J connectivity index is 2.11. The maximum Gasteiger partial charge on any atom is 0.354 e. The number of nitrogens with one attached hydrogen (secondary N) is 1. The van der Waals surface area contributed by atoms with E-state index in [4.69, 9.17) is 5.11 Å². The normalized spacial score (nSPS) is 31.7. The van der Waals surface area contributed by atoms with E-state index in [9.17, 15) is 4.79 Å². The molecule has 4 heteroatoms. The van der Waals surface area contributed by atoms with Crippen molar-refractivity contribution in [1.82, 2.24) is 10.2 Å². The number of carboxylic acids is 1. The molecule has 2 atom stereocenters. The lowest BCUT2D eigenvalue weighted by Gasteiger charge is -2.02. The van der Waals surface area contributed by atoms with Crippen molar-refractivity contribution in [3.8, 4) is 0 Å². The maximum absolute atomic E-state index is 10.9. The third-order valence-corrected chi connectivity index (χ3v) is 3.59. The SMILES string of the molecule is C/C=C\C12CC1Cc1c2n[nH]c1C(=O)O. The molecule has 1 fully saturated rings. The molecule has 0 aromatic carbocycles. The van der Waals surface area contributed by atoms with Gasteiger partial charge >= 0.3 is 5.97 Å². The maximum atomic E-state index is 10.9. The Kier molecular flexibility index (Phi) is 1.45. The average Bonchev–Trinajstić information content (AvgIpc) is 2.57. The molecule has 2 aliphatic rings. The van der Waals surface area contributed by atoms with Crippen LogP contribution in [-0.4, -0.2) is 21.3 Å². The van der Waals surface area contributed by atoms with Gasteiger partial charge in [-0.25, -0.2) is 4.79 Å². The molecular formula is C11H12N2O2. The van der Waals surface area contributed by atoms with Gasteiger partial charge in [0, 0.05) is 11.0 Å². The van der Waals surface area contributed by atoms with Crippen LogP contribution in [0.15, 0.2) is 12.2 Å². The minimum absolute atomic E-state index is 0.0638. The molecule has 0 spiro atoms. The first-order valence-electron chi connectivity index (χ1n) is 5.14. The molecule has 1 heterocycles. The summed E-state index contributed by atoms with van der Waals surface area (Å²) >= 11 is 0. The van der Waals surface area contributed by atoms with Crippen molar-refractivity contribution >= 4 is 5.97 Å². The van der Waals surface area contributed by atoms with E-state index < -0.39 is 5.97 Å². The molecule has 0 amide bonds. The summed E-state index contributed by atoms with van der Waals surface area (Å²) < 4.78 is 0. The van der Waals surface area contributed by atoms with Crippen molar-refractivity contribution in [3.63, 3.8) is 0 Å². The standard InChI is InChI=1S/C11H12N2O2/c1-2-3-11-5-6(11)4-7-8(10(14)15)12-13-9(7)11/h2-3,6H,4-5H2,1H3,(H,12,13)(H,14,15)/b3-2-. The molecule has 2 aliphatic carbocycles. The van der Waals surface area contributed by atoms with E-state index >= 15 is 0 Å². The lowest BCUT2D eigenvalue weighted by molar-refractivity contribution is 0.0689. The van der Waals surface area contributed by atoms with Crippen LogP contribution in [0.25, 0.3) is 0 Å². The molecule has 4 nitrogen and oxygen atoms in total. The van der Waals surface area contributed by atoms with Gasteiger partial charge in [0.05, 0.1) is 5.69 Å². The van der Waals surface area contributed by atoms with Crippen LogP contribution in [0, 0.1) is 5.92 Å². The number of hydrogen-bond donors (Lipinski definition) is 2. The summed E-state index contributed by atoms with van der Waals surface area (Å²) in [6.07, 6.45) is 6.17. The lowest BCUT2D eigenvalue weighted by atomic mass is 10.0. The van der Waals surface area contributed by atoms with Gasteiger partial charge in [-0.3, -0.25) is 5.10 Å². The van der Waals surface area contributed by atoms with E-state index in [-0.39, 0.29) is 11.1 Å². The first kappa shape index (κ1) is 8.71. The van der Waals surface area contributed by atoms with Crippen LogP contribution in [0.5, 0.6) is 0 Å². The molecule has 2 unspecified atom stereocenters. The number of aromatic nitrogens is 2. The molecular weight excluding hydrogens is 192 g/mol. The third-order valence-electron chi connectivity index (χ3n) is 3.59. The van der Waals surface area contributed by atoms with Crippen LogP contribution < -0.4 is 0 Å². The van der Waals surface area contributed by atoms with Gasteiger partial charge in [0.1, 0.15) is 5.69 Å². The zero-order chi connectivity index (χ0) is 10.6. The Morgan fingerprint density at radius 2 is 2.53 bits per heavy atom. The van der Waals surface area contributed by atoms with E-state index in [0.29, 0.717) is 5.92 Å². The molecule has 1 saturated carbocycles. The van der Waals surface area contributed by atoms with E-state index in [1.807, 2.05) is 13.0 Å². The minimum Gasteiger partial charge on any atom is -0.477 e. The second-order valence-electron chi connectivity index (χ2n) is 4.38. The van der Waals surface area contributed by atoms with E-state index in [0.717, 1.165) is 24.1 Å². The predicted octanol–water partition coefficient (Wildman–Crippen LogP) is 1.50. The summed E-state index contributed by atoms with van der Waals surface area (Å²) in [5.41, 5.74) is 2.22. The van der Waals surface area contributed by atoms with Crippen LogP contribution in [-0.2, 0) is 11.8 Å². The number of H-pyrrole nitrogens is 1. The summed E-state index contributed by atoms with van der Waals surface area (Å²) in [6, 6.07) is 0. The first-order valence-corrected chi connectivity index (χ1v) is 5.14. The van der Waals surface area contributed by atoms with E-state index in [1.54, 1.807) is 0 Å². The molecule has 1 aromatic heterocycles. The van der Waals surface area contributed by atoms with Crippen LogP contribution >= 0.6 is 0 Å². The van der Waals surface area contributed by atoms with Crippen LogP contribution in [0.1, 0.15) is 35.1 Å². The van der Waals surface area contributed by atoms with Gasteiger partial charge in [0.15, 0.2) is 0 Å². The smallest absolute Gasteiger partial charge is 0.354 e. The van der Waals surface area contributed by atoms with Crippen molar-refractivity contribution in [1.29, 1.82) is 0 Å². The van der Waals surface area contributed by atoms with Crippen LogP contribution in [0.4, 0.5) is 0 Å².